The smallest absolute Gasteiger partial charge is 0.323 e. The molecule has 1 rings (SSSR count). The van der Waals surface area contributed by atoms with E-state index in [2.05, 4.69) is 24.1 Å². The zero-order valence-electron chi connectivity index (χ0n) is 14.5. The van der Waals surface area contributed by atoms with Gasteiger partial charge in [0, 0.05) is 12.6 Å². The van der Waals surface area contributed by atoms with E-state index in [-0.39, 0.29) is 6.04 Å². The van der Waals surface area contributed by atoms with Crippen LogP contribution in [0.2, 0.25) is 0 Å². The van der Waals surface area contributed by atoms with Crippen LogP contribution in [0.15, 0.2) is 0 Å². The molecule has 0 amide bonds. The van der Waals surface area contributed by atoms with Gasteiger partial charge in [-0.1, -0.05) is 20.8 Å². The molecule has 0 aromatic carbocycles. The summed E-state index contributed by atoms with van der Waals surface area (Å²) in [5.74, 6) is -0.710. The van der Waals surface area contributed by atoms with Gasteiger partial charge < -0.3 is 10.0 Å². The van der Waals surface area contributed by atoms with Crippen LogP contribution in [-0.4, -0.2) is 47.2 Å². The Hall–Kier alpha value is -0.610. The fourth-order valence-electron chi connectivity index (χ4n) is 3.56. The maximum atomic E-state index is 11.7. The minimum absolute atomic E-state index is 0.190. The molecule has 0 saturated carbocycles. The Labute approximate surface area is 130 Å². The molecule has 1 unspecified atom stereocenters. The lowest BCUT2D eigenvalue weighted by Crippen LogP contribution is -2.54. The molecule has 1 fully saturated rings. The SMILES string of the molecule is CCC(CCCN1CCCC(C)(C)C1)(NC(C)C)C(=O)O. The van der Waals surface area contributed by atoms with E-state index in [0.717, 1.165) is 26.1 Å². The van der Waals surface area contributed by atoms with Crippen LogP contribution in [0.4, 0.5) is 0 Å². The van der Waals surface area contributed by atoms with Gasteiger partial charge in [-0.25, -0.2) is 0 Å². The molecule has 21 heavy (non-hydrogen) atoms. The summed E-state index contributed by atoms with van der Waals surface area (Å²) in [6.45, 7) is 14.0. The summed E-state index contributed by atoms with van der Waals surface area (Å²) in [7, 11) is 0. The standard InChI is InChI=1S/C17H34N2O2/c1-6-17(15(20)21,18-14(2)3)10-8-12-19-11-7-9-16(4,5)13-19/h14,18H,6-13H2,1-5H3,(H,20,21). The van der Waals surface area contributed by atoms with Crippen molar-refractivity contribution < 1.29 is 9.90 Å². The Balaban J connectivity index is 2.52. The summed E-state index contributed by atoms with van der Waals surface area (Å²) < 4.78 is 0. The first-order valence-electron chi connectivity index (χ1n) is 8.44. The molecule has 0 aliphatic carbocycles. The molecule has 0 spiro atoms. The molecule has 0 radical (unpaired) electrons. The number of carbonyl (C=O) groups is 1. The van der Waals surface area contributed by atoms with Crippen LogP contribution in [-0.2, 0) is 4.79 Å². The van der Waals surface area contributed by atoms with Crippen molar-refractivity contribution in [3.63, 3.8) is 0 Å². The molecule has 1 heterocycles. The fraction of sp³-hybridized carbons (Fsp3) is 0.941. The fourth-order valence-corrected chi connectivity index (χ4v) is 3.56. The number of carboxylic acid groups (broad SMARTS) is 1. The molecular weight excluding hydrogens is 264 g/mol. The Bertz CT molecular complexity index is 342. The second-order valence-corrected chi connectivity index (χ2v) is 7.69. The highest BCUT2D eigenvalue weighted by atomic mass is 16.4. The van der Waals surface area contributed by atoms with Crippen LogP contribution >= 0.6 is 0 Å². The summed E-state index contributed by atoms with van der Waals surface area (Å²) in [5.41, 5.74) is -0.359. The highest BCUT2D eigenvalue weighted by Gasteiger charge is 2.36. The number of nitrogens with one attached hydrogen (secondary N) is 1. The highest BCUT2D eigenvalue weighted by molar-refractivity contribution is 5.78. The lowest BCUT2D eigenvalue weighted by molar-refractivity contribution is -0.146. The van der Waals surface area contributed by atoms with E-state index >= 15 is 0 Å². The maximum absolute atomic E-state index is 11.7. The third-order valence-electron chi connectivity index (χ3n) is 4.64. The molecule has 2 N–H and O–H groups in total. The number of hydrogen-bond donors (Lipinski definition) is 2. The van der Waals surface area contributed by atoms with Gasteiger partial charge in [-0.15, -0.1) is 0 Å². The molecule has 4 nitrogen and oxygen atoms in total. The van der Waals surface area contributed by atoms with Crippen molar-refractivity contribution in [1.29, 1.82) is 0 Å². The van der Waals surface area contributed by atoms with Gasteiger partial charge in [-0.2, -0.15) is 0 Å². The van der Waals surface area contributed by atoms with Gasteiger partial charge in [0.1, 0.15) is 5.54 Å². The molecule has 0 aromatic heterocycles. The van der Waals surface area contributed by atoms with Crippen LogP contribution in [0.1, 0.15) is 66.7 Å². The average Bonchev–Trinajstić information content (AvgIpc) is 2.35. The number of aliphatic carboxylic acids is 1. The van der Waals surface area contributed by atoms with Crippen LogP contribution in [0.25, 0.3) is 0 Å². The zero-order chi connectivity index (χ0) is 16.1. The summed E-state index contributed by atoms with van der Waals surface area (Å²) >= 11 is 0. The number of piperidine rings is 1. The number of rotatable bonds is 8. The number of carboxylic acids is 1. The Morgan fingerprint density at radius 2 is 2.10 bits per heavy atom. The predicted molar refractivity (Wildman–Crippen MR) is 87.6 cm³/mol. The number of nitrogens with zero attached hydrogens (tertiary/aromatic N) is 1. The van der Waals surface area contributed by atoms with E-state index in [4.69, 9.17) is 0 Å². The predicted octanol–water partition coefficient (Wildman–Crippen LogP) is 3.12. The van der Waals surface area contributed by atoms with Gasteiger partial charge >= 0.3 is 5.97 Å². The van der Waals surface area contributed by atoms with Gasteiger partial charge in [0.05, 0.1) is 0 Å². The van der Waals surface area contributed by atoms with E-state index in [1.807, 2.05) is 20.8 Å². The molecule has 1 aliphatic rings. The topological polar surface area (TPSA) is 52.6 Å². The molecule has 124 valence electrons. The highest BCUT2D eigenvalue weighted by Crippen LogP contribution is 2.29. The third kappa shape index (κ3) is 5.59. The molecule has 1 aliphatic heterocycles. The molecule has 0 aromatic rings. The minimum Gasteiger partial charge on any atom is -0.480 e. The van der Waals surface area contributed by atoms with Crippen molar-refractivity contribution in [1.82, 2.24) is 10.2 Å². The largest absolute Gasteiger partial charge is 0.480 e. The summed E-state index contributed by atoms with van der Waals surface area (Å²) in [4.78, 5) is 14.2. The molecule has 1 saturated heterocycles. The summed E-state index contributed by atoms with van der Waals surface area (Å²) in [6, 6.07) is 0.190. The second-order valence-electron chi connectivity index (χ2n) is 7.69. The van der Waals surface area contributed by atoms with E-state index in [9.17, 15) is 9.90 Å². The molecule has 0 bridgehead atoms. The Morgan fingerprint density at radius 3 is 2.57 bits per heavy atom. The monoisotopic (exact) mass is 298 g/mol. The quantitative estimate of drug-likeness (QED) is 0.723. The molecular formula is C17H34N2O2. The average molecular weight is 298 g/mol. The van der Waals surface area contributed by atoms with Gasteiger partial charge in [0.15, 0.2) is 0 Å². The Kier molecular flexibility index (Phi) is 6.67. The first-order valence-corrected chi connectivity index (χ1v) is 8.44. The molecule has 4 heteroatoms. The van der Waals surface area contributed by atoms with Gasteiger partial charge in [-0.3, -0.25) is 10.1 Å². The second kappa shape index (κ2) is 7.59. The van der Waals surface area contributed by atoms with Crippen molar-refractivity contribution in [2.45, 2.75) is 78.3 Å². The lowest BCUT2D eigenvalue weighted by Gasteiger charge is -2.39. The maximum Gasteiger partial charge on any atom is 0.323 e. The van der Waals surface area contributed by atoms with Crippen molar-refractivity contribution in [3.05, 3.63) is 0 Å². The Morgan fingerprint density at radius 1 is 1.43 bits per heavy atom. The summed E-state index contributed by atoms with van der Waals surface area (Å²) in [5, 5.41) is 12.9. The van der Waals surface area contributed by atoms with Crippen molar-refractivity contribution in [3.8, 4) is 0 Å². The van der Waals surface area contributed by atoms with Crippen LogP contribution in [0, 0.1) is 5.41 Å². The minimum atomic E-state index is -0.764. The van der Waals surface area contributed by atoms with Crippen LogP contribution in [0.5, 0.6) is 0 Å². The van der Waals surface area contributed by atoms with Crippen LogP contribution < -0.4 is 5.32 Å². The number of hydrogen-bond acceptors (Lipinski definition) is 3. The third-order valence-corrected chi connectivity index (χ3v) is 4.64. The normalized spacial score (nSPS) is 22.2. The van der Waals surface area contributed by atoms with Gasteiger partial charge in [0.25, 0.3) is 0 Å². The van der Waals surface area contributed by atoms with Gasteiger partial charge in [-0.05, 0) is 64.5 Å². The van der Waals surface area contributed by atoms with Gasteiger partial charge in [0.2, 0.25) is 0 Å². The summed E-state index contributed by atoms with van der Waals surface area (Å²) in [6.07, 6.45) is 4.83. The zero-order valence-corrected chi connectivity index (χ0v) is 14.5. The first kappa shape index (κ1) is 18.4. The first-order chi connectivity index (χ1) is 9.71. The number of likely N-dealkylation sites (tertiary alicyclic amines) is 1. The van der Waals surface area contributed by atoms with E-state index < -0.39 is 11.5 Å². The van der Waals surface area contributed by atoms with Crippen molar-refractivity contribution in [2.24, 2.45) is 5.41 Å². The van der Waals surface area contributed by atoms with E-state index in [1.165, 1.54) is 12.8 Å². The van der Waals surface area contributed by atoms with E-state index in [1.54, 1.807) is 0 Å². The molecule has 1 atom stereocenters. The van der Waals surface area contributed by atoms with E-state index in [0.29, 0.717) is 18.3 Å². The van der Waals surface area contributed by atoms with Crippen LogP contribution in [0.3, 0.4) is 0 Å². The van der Waals surface area contributed by atoms with Crippen molar-refractivity contribution >= 4 is 5.97 Å². The lowest BCUT2D eigenvalue weighted by atomic mass is 9.84. The van der Waals surface area contributed by atoms with Crippen molar-refractivity contribution in [2.75, 3.05) is 19.6 Å².